The fraction of sp³-hybridized carbons (Fsp3) is 0.762. The Hall–Kier alpha value is -0.570. The van der Waals surface area contributed by atoms with Crippen molar-refractivity contribution < 1.29 is 9.53 Å². The molecule has 0 amide bonds. The molecule has 0 radical (unpaired) electrons. The molecule has 2 saturated carbocycles. The van der Waals surface area contributed by atoms with Crippen molar-refractivity contribution in [3.8, 4) is 0 Å². The Bertz CT molecular complexity index is 576. The van der Waals surface area contributed by atoms with Crippen LogP contribution in [0.2, 0.25) is 0 Å². The summed E-state index contributed by atoms with van der Waals surface area (Å²) in [7, 11) is 0. The van der Waals surface area contributed by atoms with Crippen LogP contribution in [-0.2, 0) is 9.53 Å². The number of rotatable bonds is 3. The van der Waals surface area contributed by atoms with E-state index in [0.717, 1.165) is 12.3 Å². The minimum Gasteiger partial charge on any atom is -0.458 e. The van der Waals surface area contributed by atoms with Gasteiger partial charge in [-0.2, -0.15) is 0 Å². The van der Waals surface area contributed by atoms with E-state index < -0.39 is 0 Å². The zero-order valence-electron chi connectivity index (χ0n) is 15.5. The fourth-order valence-electron chi connectivity index (χ4n) is 5.80. The molecular formula is C21H31BrO2. The van der Waals surface area contributed by atoms with Crippen LogP contribution in [-0.4, -0.2) is 12.1 Å². The van der Waals surface area contributed by atoms with Crippen LogP contribution in [0.1, 0.15) is 66.2 Å². The topological polar surface area (TPSA) is 26.3 Å². The molecule has 0 aromatic rings. The monoisotopic (exact) mass is 394 g/mol. The maximum atomic E-state index is 11.9. The van der Waals surface area contributed by atoms with Gasteiger partial charge in [-0.25, -0.2) is 4.79 Å². The molecule has 1 saturated heterocycles. The zero-order chi connectivity index (χ0) is 17.7. The van der Waals surface area contributed by atoms with Crippen LogP contribution in [0.5, 0.6) is 0 Å². The third-order valence-electron chi connectivity index (χ3n) is 7.53. The van der Waals surface area contributed by atoms with Crippen LogP contribution in [0.3, 0.4) is 0 Å². The summed E-state index contributed by atoms with van der Waals surface area (Å²) in [6, 6.07) is 0. The average Bonchev–Trinajstić information content (AvgIpc) is 2.97. The minimum absolute atomic E-state index is 0.0232. The van der Waals surface area contributed by atoms with Crippen molar-refractivity contribution in [2.75, 3.05) is 0 Å². The van der Waals surface area contributed by atoms with Crippen LogP contribution in [0.4, 0.5) is 0 Å². The molecule has 0 bridgehead atoms. The molecule has 1 aliphatic heterocycles. The first-order valence-corrected chi connectivity index (χ1v) is 10.3. The second-order valence-corrected chi connectivity index (χ2v) is 9.54. The number of cyclic esters (lactones) is 1. The number of carbonyl (C=O) groups is 1. The molecule has 5 atom stereocenters. The van der Waals surface area contributed by atoms with Gasteiger partial charge in [0.2, 0.25) is 0 Å². The second-order valence-electron chi connectivity index (χ2n) is 9.09. The van der Waals surface area contributed by atoms with Crippen LogP contribution in [0, 0.1) is 28.6 Å². The summed E-state index contributed by atoms with van der Waals surface area (Å²) in [4.78, 5) is 14.1. The highest BCUT2D eigenvalue weighted by molar-refractivity contribution is 9.11. The highest BCUT2D eigenvalue weighted by atomic mass is 79.9. The molecule has 0 N–H and O–H groups in total. The normalized spacial score (nSPS) is 41.4. The average molecular weight is 395 g/mol. The van der Waals surface area contributed by atoms with Gasteiger partial charge >= 0.3 is 5.97 Å². The van der Waals surface area contributed by atoms with Gasteiger partial charge in [0.25, 0.3) is 0 Å². The van der Waals surface area contributed by atoms with Crippen molar-refractivity contribution in [1.82, 2.24) is 0 Å². The first kappa shape index (κ1) is 18.2. The van der Waals surface area contributed by atoms with Gasteiger partial charge in [-0.1, -0.05) is 55.8 Å². The van der Waals surface area contributed by atoms with Crippen molar-refractivity contribution in [2.24, 2.45) is 28.6 Å². The summed E-state index contributed by atoms with van der Waals surface area (Å²) in [6.07, 6.45) is 7.42. The van der Waals surface area contributed by atoms with Gasteiger partial charge in [0.15, 0.2) is 0 Å². The summed E-state index contributed by atoms with van der Waals surface area (Å²) >= 11 is 3.60. The van der Waals surface area contributed by atoms with E-state index >= 15 is 0 Å². The lowest BCUT2D eigenvalue weighted by Gasteiger charge is -2.45. The van der Waals surface area contributed by atoms with Gasteiger partial charge in [-0.15, -0.1) is 0 Å². The Labute approximate surface area is 155 Å². The number of ether oxygens (including phenoxy) is 1. The number of esters is 1. The van der Waals surface area contributed by atoms with Crippen molar-refractivity contribution in [1.29, 1.82) is 0 Å². The molecular weight excluding hydrogens is 364 g/mol. The molecule has 134 valence electrons. The molecule has 0 aromatic carbocycles. The predicted molar refractivity (Wildman–Crippen MR) is 102 cm³/mol. The standard InChI is InChI=1S/C21H31BrO2/c1-13(11-18-20(3,4)14(2)19(23)24-18)16-8-9-17-15(12-22)7-6-10-21(16,17)5/h12-13,16-18H,2,6-11H2,1,3-5H3/b15-12-/t13-,16-,17+,18-,21-/m1/s1. The lowest BCUT2D eigenvalue weighted by molar-refractivity contribution is -0.140. The van der Waals surface area contributed by atoms with Gasteiger partial charge in [-0.05, 0) is 66.7 Å². The van der Waals surface area contributed by atoms with E-state index in [1.165, 1.54) is 32.1 Å². The molecule has 3 heteroatoms. The molecule has 3 rings (SSSR count). The number of hydrogen-bond acceptors (Lipinski definition) is 2. The number of hydrogen-bond donors (Lipinski definition) is 0. The molecule has 3 fully saturated rings. The van der Waals surface area contributed by atoms with E-state index in [9.17, 15) is 4.79 Å². The maximum absolute atomic E-state index is 11.9. The lowest BCUT2D eigenvalue weighted by atomic mass is 9.60. The largest absolute Gasteiger partial charge is 0.458 e. The quantitative estimate of drug-likeness (QED) is 0.432. The van der Waals surface area contributed by atoms with Gasteiger partial charge < -0.3 is 4.74 Å². The van der Waals surface area contributed by atoms with Crippen LogP contribution < -0.4 is 0 Å². The van der Waals surface area contributed by atoms with Crippen LogP contribution >= 0.6 is 15.9 Å². The number of carbonyl (C=O) groups excluding carboxylic acids is 1. The second kappa shape index (κ2) is 6.30. The molecule has 2 nitrogen and oxygen atoms in total. The summed E-state index contributed by atoms with van der Waals surface area (Å²) in [6.45, 7) is 13.0. The van der Waals surface area contributed by atoms with E-state index in [1.807, 2.05) is 0 Å². The molecule has 0 spiro atoms. The Morgan fingerprint density at radius 2 is 2.08 bits per heavy atom. The maximum Gasteiger partial charge on any atom is 0.334 e. The molecule has 24 heavy (non-hydrogen) atoms. The fourth-order valence-corrected chi connectivity index (χ4v) is 6.34. The number of fused-ring (bicyclic) bond motifs is 1. The van der Waals surface area contributed by atoms with E-state index in [2.05, 4.69) is 55.2 Å². The Balaban J connectivity index is 1.75. The molecule has 0 aromatic heterocycles. The van der Waals surface area contributed by atoms with Gasteiger partial charge in [0.1, 0.15) is 6.10 Å². The molecule has 3 aliphatic rings. The third-order valence-corrected chi connectivity index (χ3v) is 8.12. The van der Waals surface area contributed by atoms with E-state index in [4.69, 9.17) is 4.74 Å². The smallest absolute Gasteiger partial charge is 0.334 e. The van der Waals surface area contributed by atoms with E-state index in [0.29, 0.717) is 22.8 Å². The molecule has 0 unspecified atom stereocenters. The number of allylic oxidation sites excluding steroid dienone is 1. The van der Waals surface area contributed by atoms with Crippen molar-refractivity contribution >= 4 is 21.9 Å². The molecule has 2 aliphatic carbocycles. The zero-order valence-corrected chi connectivity index (χ0v) is 17.1. The highest BCUT2D eigenvalue weighted by Gasteiger charge is 2.52. The van der Waals surface area contributed by atoms with E-state index in [-0.39, 0.29) is 17.5 Å². The summed E-state index contributed by atoms with van der Waals surface area (Å²) < 4.78 is 5.67. The van der Waals surface area contributed by atoms with E-state index in [1.54, 1.807) is 5.57 Å². The Morgan fingerprint density at radius 1 is 1.38 bits per heavy atom. The summed E-state index contributed by atoms with van der Waals surface area (Å²) in [5.41, 5.74) is 2.41. The van der Waals surface area contributed by atoms with Gasteiger partial charge in [0.05, 0.1) is 0 Å². The third kappa shape index (κ3) is 2.71. The first-order valence-electron chi connectivity index (χ1n) is 9.41. The highest BCUT2D eigenvalue weighted by Crippen LogP contribution is 2.60. The van der Waals surface area contributed by atoms with Crippen molar-refractivity contribution in [2.45, 2.75) is 72.3 Å². The minimum atomic E-state index is -0.238. The summed E-state index contributed by atoms with van der Waals surface area (Å²) in [5, 5.41) is 0. The summed E-state index contributed by atoms with van der Waals surface area (Å²) in [5.74, 6) is 1.81. The number of halogens is 1. The Morgan fingerprint density at radius 3 is 2.67 bits per heavy atom. The molecule has 1 heterocycles. The predicted octanol–water partition coefficient (Wildman–Crippen LogP) is 6.02. The van der Waals surface area contributed by atoms with Gasteiger partial charge in [-0.3, -0.25) is 0 Å². The van der Waals surface area contributed by atoms with Crippen molar-refractivity contribution in [3.05, 3.63) is 22.7 Å². The van der Waals surface area contributed by atoms with Crippen LogP contribution in [0.25, 0.3) is 0 Å². The van der Waals surface area contributed by atoms with Crippen molar-refractivity contribution in [3.63, 3.8) is 0 Å². The first-order chi connectivity index (χ1) is 11.2. The SMILES string of the molecule is C=C1C(=O)O[C@H](C[C@@H](C)[C@H]2CC[C@H]3/C(=C\Br)CCC[C@]23C)C1(C)C. The van der Waals surface area contributed by atoms with Crippen LogP contribution in [0.15, 0.2) is 22.7 Å². The van der Waals surface area contributed by atoms with Gasteiger partial charge in [0, 0.05) is 11.0 Å². The Kier molecular flexibility index (Phi) is 4.79. The lowest BCUT2D eigenvalue weighted by Crippen LogP contribution is -2.38.